The van der Waals surface area contributed by atoms with Crippen LogP contribution in [0, 0.1) is 0 Å². The van der Waals surface area contributed by atoms with Crippen LogP contribution in [0.5, 0.6) is 5.75 Å². The summed E-state index contributed by atoms with van der Waals surface area (Å²) in [4.78, 5) is 36.2. The number of rotatable bonds is 12. The topological polar surface area (TPSA) is 161 Å². The van der Waals surface area contributed by atoms with E-state index in [9.17, 15) is 14.3 Å². The third-order valence-electron chi connectivity index (χ3n) is 6.02. The van der Waals surface area contributed by atoms with E-state index in [1.165, 1.54) is 23.4 Å². The molecule has 5 rings (SSSR count). The molecule has 0 bridgehead atoms. The molecule has 3 heterocycles. The van der Waals surface area contributed by atoms with Crippen molar-refractivity contribution >= 4 is 52.4 Å². The monoisotopic (exact) mass is 617 g/mol. The number of nitrogens with two attached hydrogens (primary N) is 1. The van der Waals surface area contributed by atoms with Crippen LogP contribution < -0.4 is 10.3 Å². The maximum Gasteiger partial charge on any atom is 0.527 e. The first-order valence-corrected chi connectivity index (χ1v) is 16.6. The van der Waals surface area contributed by atoms with Crippen LogP contribution in [0.15, 0.2) is 73.3 Å². The third-order valence-corrected chi connectivity index (χ3v) is 9.98. The Labute approximate surface area is 244 Å². The highest BCUT2D eigenvalue weighted by Crippen LogP contribution is 2.52. The average Bonchev–Trinajstić information content (AvgIpc) is 3.54. The van der Waals surface area contributed by atoms with Gasteiger partial charge in [-0.1, -0.05) is 64.9 Å². The molecule has 41 heavy (non-hydrogen) atoms. The lowest BCUT2D eigenvalue weighted by atomic mass is 10.2. The summed E-state index contributed by atoms with van der Waals surface area (Å²) in [6.07, 6.45) is 1.00. The van der Waals surface area contributed by atoms with Crippen LogP contribution in [0.1, 0.15) is 29.9 Å². The van der Waals surface area contributed by atoms with Gasteiger partial charge >= 0.3 is 13.8 Å². The maximum atomic E-state index is 13.2. The summed E-state index contributed by atoms with van der Waals surface area (Å²) >= 11 is 0. The Hall–Kier alpha value is -3.13. The fraction of sp³-hybridized carbons (Fsp3) is 0.308. The highest BCUT2D eigenvalue weighted by molar-refractivity contribution is 8.77. The molecule has 1 saturated heterocycles. The van der Waals surface area contributed by atoms with Gasteiger partial charge in [-0.15, -0.1) is 0 Å². The van der Waals surface area contributed by atoms with Crippen LogP contribution in [0.4, 0.5) is 5.82 Å². The molecule has 0 aliphatic carbocycles. The van der Waals surface area contributed by atoms with Crippen molar-refractivity contribution in [2.24, 2.45) is 0 Å². The summed E-state index contributed by atoms with van der Waals surface area (Å²) in [7, 11) is -1.66. The van der Waals surface area contributed by atoms with Gasteiger partial charge < -0.3 is 19.7 Å². The van der Waals surface area contributed by atoms with E-state index in [1.807, 2.05) is 0 Å². The molecule has 1 fully saturated rings. The minimum absolute atomic E-state index is 0.165. The molecule has 5 atom stereocenters. The minimum Gasteiger partial charge on any atom is -0.459 e. The fourth-order valence-electron chi connectivity index (χ4n) is 4.17. The number of carbonyl (C=O) groups is 1. The molecule has 0 amide bonds. The molecule has 3 N–H and O–H groups in total. The van der Waals surface area contributed by atoms with E-state index >= 15 is 0 Å². The lowest BCUT2D eigenvalue weighted by Gasteiger charge is -2.25. The summed E-state index contributed by atoms with van der Waals surface area (Å²) in [6.45, 7) is 1.80. The van der Waals surface area contributed by atoms with Crippen LogP contribution in [-0.4, -0.2) is 60.2 Å². The lowest BCUT2D eigenvalue weighted by molar-refractivity contribution is -0.0497. The van der Waals surface area contributed by atoms with Gasteiger partial charge in [0.05, 0.1) is 17.1 Å². The van der Waals surface area contributed by atoms with Crippen LogP contribution in [-0.2, 0) is 18.6 Å². The number of benzene rings is 2. The van der Waals surface area contributed by atoms with Crippen molar-refractivity contribution in [3.63, 3.8) is 0 Å². The van der Waals surface area contributed by atoms with Gasteiger partial charge in [0.1, 0.15) is 36.4 Å². The lowest BCUT2D eigenvalue weighted by Crippen LogP contribution is -2.35. The van der Waals surface area contributed by atoms with E-state index in [-0.39, 0.29) is 18.2 Å². The highest BCUT2D eigenvalue weighted by Gasteiger charge is 2.51. The quantitative estimate of drug-likeness (QED) is 0.0958. The van der Waals surface area contributed by atoms with E-state index in [0.717, 1.165) is 12.2 Å². The Kier molecular flexibility index (Phi) is 9.48. The molecule has 0 spiro atoms. The van der Waals surface area contributed by atoms with E-state index in [4.69, 9.17) is 24.3 Å². The summed E-state index contributed by atoms with van der Waals surface area (Å²) in [5.74, 6) is 0.611. The molecule has 2 unspecified atom stereocenters. The maximum absolute atomic E-state index is 13.2. The molecule has 0 saturated carbocycles. The zero-order chi connectivity index (χ0) is 28.8. The van der Waals surface area contributed by atoms with Crippen molar-refractivity contribution in [3.05, 3.63) is 78.9 Å². The number of fused-ring (bicyclic) bond motifs is 1. The predicted molar refractivity (Wildman–Crippen MR) is 156 cm³/mol. The molecule has 1 aliphatic heterocycles. The Morgan fingerprint density at radius 1 is 1.12 bits per heavy atom. The molecule has 1 aliphatic rings. The van der Waals surface area contributed by atoms with Crippen molar-refractivity contribution in [2.45, 2.75) is 37.0 Å². The first-order valence-electron chi connectivity index (χ1n) is 12.7. The van der Waals surface area contributed by atoms with Crippen LogP contribution in [0.3, 0.4) is 0 Å². The number of nitrogens with zero attached hydrogens (tertiary/aromatic N) is 4. The first-order chi connectivity index (χ1) is 19.9. The van der Waals surface area contributed by atoms with Gasteiger partial charge in [-0.05, 0) is 30.7 Å². The number of hydrogen-bond donors (Lipinski definition) is 2. The molecule has 4 aromatic rings. The number of phosphoric acid groups is 1. The van der Waals surface area contributed by atoms with E-state index in [0.29, 0.717) is 16.7 Å². The molecular weight excluding hydrogens is 589 g/mol. The van der Waals surface area contributed by atoms with Crippen LogP contribution in [0.25, 0.3) is 11.2 Å². The van der Waals surface area contributed by atoms with Crippen molar-refractivity contribution in [1.29, 1.82) is 0 Å². The SMILES string of the molecule is CCCSSC1[C@@H](OP(=O)(O)Oc2ccccc2)[C@@H](COC(=O)c2ccccc2)O[C@H]1n1cnc2c(N)ncnc21. The van der Waals surface area contributed by atoms with Gasteiger partial charge in [-0.3, -0.25) is 14.0 Å². The van der Waals surface area contributed by atoms with Crippen molar-refractivity contribution in [2.75, 3.05) is 18.1 Å². The van der Waals surface area contributed by atoms with E-state index in [2.05, 4.69) is 21.9 Å². The second kappa shape index (κ2) is 13.2. The smallest absolute Gasteiger partial charge is 0.459 e. The number of carbonyl (C=O) groups excluding carboxylic acids is 1. The van der Waals surface area contributed by atoms with E-state index < -0.39 is 37.5 Å². The van der Waals surface area contributed by atoms with Crippen LogP contribution >= 0.6 is 29.4 Å². The Morgan fingerprint density at radius 3 is 2.59 bits per heavy atom. The normalized spacial score (nSPS) is 21.9. The van der Waals surface area contributed by atoms with Crippen LogP contribution in [0.2, 0.25) is 0 Å². The predicted octanol–water partition coefficient (Wildman–Crippen LogP) is 4.89. The number of para-hydroxylation sites is 1. The number of esters is 1. The standard InChI is InChI=1S/C26H28N5O7PS2/c1-2-13-40-41-22-21(38-39(33,34)37-18-11-7-4-8-12-18)19(14-35-26(32)17-9-5-3-6-10-17)36-25(22)31-16-30-20-23(27)28-15-29-24(20)31/h3-12,15-16,19,21-22,25H,2,13-14H2,1H3,(H,33,34)(H2,27,28,29)/t19-,21+,22?,25-/m1/s1. The zero-order valence-electron chi connectivity index (χ0n) is 21.9. The Morgan fingerprint density at radius 2 is 1.85 bits per heavy atom. The molecule has 15 heteroatoms. The summed E-state index contributed by atoms with van der Waals surface area (Å²) in [6, 6.07) is 16.7. The second-order valence-corrected chi connectivity index (χ2v) is 12.9. The molecule has 2 aromatic heterocycles. The number of imidazole rings is 1. The molecule has 12 nitrogen and oxygen atoms in total. The zero-order valence-corrected chi connectivity index (χ0v) is 24.4. The van der Waals surface area contributed by atoms with Crippen molar-refractivity contribution < 1.29 is 32.8 Å². The van der Waals surface area contributed by atoms with Gasteiger partial charge in [0, 0.05) is 5.75 Å². The highest BCUT2D eigenvalue weighted by atomic mass is 33.1. The average molecular weight is 618 g/mol. The van der Waals surface area contributed by atoms with Crippen molar-refractivity contribution in [3.8, 4) is 5.75 Å². The summed E-state index contributed by atoms with van der Waals surface area (Å²) < 4.78 is 38.0. The number of nitrogen functional groups attached to an aromatic ring is 1. The molecule has 2 aromatic carbocycles. The number of anilines is 1. The number of aromatic nitrogens is 4. The Balaban J connectivity index is 1.46. The van der Waals surface area contributed by atoms with Gasteiger partial charge in [0.2, 0.25) is 0 Å². The first kappa shape index (κ1) is 29.4. The van der Waals surface area contributed by atoms with Crippen molar-refractivity contribution in [1.82, 2.24) is 19.5 Å². The molecule has 216 valence electrons. The number of hydrogen-bond acceptors (Lipinski definition) is 12. The summed E-state index contributed by atoms with van der Waals surface area (Å²) in [5.41, 5.74) is 7.17. The van der Waals surface area contributed by atoms with E-state index in [1.54, 1.807) is 76.0 Å². The Bertz CT molecular complexity index is 1510. The second-order valence-electron chi connectivity index (χ2n) is 8.94. The fourth-order valence-corrected chi connectivity index (χ4v) is 8.18. The number of ether oxygens (including phenoxy) is 2. The van der Waals surface area contributed by atoms with Gasteiger partial charge in [-0.2, -0.15) is 0 Å². The van der Waals surface area contributed by atoms with Gasteiger partial charge in [0.25, 0.3) is 0 Å². The van der Waals surface area contributed by atoms with Gasteiger partial charge in [-0.25, -0.2) is 24.3 Å². The largest absolute Gasteiger partial charge is 0.527 e. The molecular formula is C26H28N5O7PS2. The number of phosphoric ester groups is 1. The van der Waals surface area contributed by atoms with Gasteiger partial charge in [0.15, 0.2) is 17.7 Å². The minimum atomic E-state index is -4.66. The summed E-state index contributed by atoms with van der Waals surface area (Å²) in [5, 5.41) is -0.569. The third kappa shape index (κ3) is 7.03. The molecule has 0 radical (unpaired) electrons.